The standard InChI is InChI=1S/C22H23FN4O2S/c1-14-6-5-7-15(12-14)19(20(28)24-22(2,3)4)27(17-10-8-16(23)9-11-17)21(29)18-13-30-26-25-18/h5-13,19H,1-4H3,(H,24,28)/t19-/m0/s1. The summed E-state index contributed by atoms with van der Waals surface area (Å²) >= 11 is 1.04. The number of benzene rings is 2. The van der Waals surface area contributed by atoms with Crippen LogP contribution in [0.1, 0.15) is 48.4 Å². The first-order chi connectivity index (χ1) is 14.2. The fraction of sp³-hybridized carbons (Fsp3) is 0.273. The Bertz CT molecular complexity index is 1030. The molecule has 2 aromatic carbocycles. The number of carbonyl (C=O) groups excluding carboxylic acids is 2. The lowest BCUT2D eigenvalue weighted by atomic mass is 9.99. The van der Waals surface area contributed by atoms with Gasteiger partial charge in [-0.3, -0.25) is 14.5 Å². The second-order valence-electron chi connectivity index (χ2n) is 8.00. The largest absolute Gasteiger partial charge is 0.349 e. The van der Waals surface area contributed by atoms with Crippen molar-refractivity contribution < 1.29 is 14.0 Å². The van der Waals surface area contributed by atoms with Crippen LogP contribution in [0.15, 0.2) is 53.9 Å². The number of rotatable bonds is 5. The summed E-state index contributed by atoms with van der Waals surface area (Å²) in [6, 6.07) is 11.9. The lowest BCUT2D eigenvalue weighted by Crippen LogP contribution is -2.49. The predicted octanol–water partition coefficient (Wildman–Crippen LogP) is 4.29. The molecule has 1 N–H and O–H groups in total. The van der Waals surface area contributed by atoms with Crippen molar-refractivity contribution in [1.82, 2.24) is 14.9 Å². The van der Waals surface area contributed by atoms with Gasteiger partial charge in [-0.25, -0.2) is 4.39 Å². The monoisotopic (exact) mass is 426 g/mol. The van der Waals surface area contributed by atoms with E-state index in [1.807, 2.05) is 45.9 Å². The molecule has 0 radical (unpaired) electrons. The van der Waals surface area contributed by atoms with Crippen LogP contribution >= 0.6 is 11.5 Å². The van der Waals surface area contributed by atoms with E-state index in [2.05, 4.69) is 14.9 Å². The minimum atomic E-state index is -0.983. The van der Waals surface area contributed by atoms with E-state index in [4.69, 9.17) is 0 Å². The first-order valence-corrected chi connectivity index (χ1v) is 10.2. The summed E-state index contributed by atoms with van der Waals surface area (Å²) in [5.41, 5.74) is 1.56. The molecule has 1 heterocycles. The number of carbonyl (C=O) groups is 2. The van der Waals surface area contributed by atoms with Gasteiger partial charge in [0.25, 0.3) is 5.91 Å². The molecule has 0 spiro atoms. The summed E-state index contributed by atoms with van der Waals surface area (Å²) in [4.78, 5) is 28.2. The van der Waals surface area contributed by atoms with E-state index >= 15 is 0 Å². The predicted molar refractivity (Wildman–Crippen MR) is 115 cm³/mol. The number of aryl methyl sites for hydroxylation is 1. The molecule has 0 saturated heterocycles. The van der Waals surface area contributed by atoms with Crippen molar-refractivity contribution in [2.45, 2.75) is 39.3 Å². The van der Waals surface area contributed by atoms with Crippen LogP contribution in [0, 0.1) is 12.7 Å². The summed E-state index contributed by atoms with van der Waals surface area (Å²) in [6.45, 7) is 7.52. The molecule has 156 valence electrons. The Morgan fingerprint density at radius 2 is 1.83 bits per heavy atom. The molecule has 1 atom stereocenters. The van der Waals surface area contributed by atoms with Gasteiger partial charge in [0.05, 0.1) is 0 Å². The number of nitrogens with one attached hydrogen (secondary N) is 1. The Kier molecular flexibility index (Phi) is 6.26. The second kappa shape index (κ2) is 8.71. The third-order valence-electron chi connectivity index (χ3n) is 4.27. The van der Waals surface area contributed by atoms with Gasteiger partial charge in [0.1, 0.15) is 11.9 Å². The average Bonchev–Trinajstić information content (AvgIpc) is 3.19. The van der Waals surface area contributed by atoms with Crippen LogP contribution in [0.4, 0.5) is 10.1 Å². The first kappa shape index (κ1) is 21.6. The lowest BCUT2D eigenvalue weighted by Gasteiger charge is -2.33. The van der Waals surface area contributed by atoms with Gasteiger partial charge in [-0.2, -0.15) is 0 Å². The van der Waals surface area contributed by atoms with Crippen molar-refractivity contribution >= 4 is 29.0 Å². The number of aromatic nitrogens is 2. The number of halogens is 1. The van der Waals surface area contributed by atoms with Gasteiger partial charge in [-0.15, -0.1) is 5.10 Å². The fourth-order valence-corrected chi connectivity index (χ4v) is 3.49. The smallest absolute Gasteiger partial charge is 0.280 e. The molecule has 3 rings (SSSR count). The van der Waals surface area contributed by atoms with Crippen molar-refractivity contribution in [3.05, 3.63) is 76.5 Å². The van der Waals surface area contributed by atoms with Crippen LogP contribution < -0.4 is 10.2 Å². The molecule has 0 aliphatic heterocycles. The van der Waals surface area contributed by atoms with Gasteiger partial charge in [0.2, 0.25) is 5.91 Å². The molecular weight excluding hydrogens is 403 g/mol. The Morgan fingerprint density at radius 3 is 2.40 bits per heavy atom. The SMILES string of the molecule is Cc1cccc([C@@H](C(=O)NC(C)(C)C)N(C(=O)c2csnn2)c2ccc(F)cc2)c1. The molecule has 0 unspecified atom stereocenters. The van der Waals surface area contributed by atoms with Crippen LogP contribution in [-0.2, 0) is 4.79 Å². The highest BCUT2D eigenvalue weighted by Crippen LogP contribution is 2.31. The van der Waals surface area contributed by atoms with Crippen molar-refractivity contribution in [3.8, 4) is 0 Å². The fourth-order valence-electron chi connectivity index (χ4n) is 3.06. The average molecular weight is 427 g/mol. The Labute approximate surface area is 178 Å². The molecule has 6 nitrogen and oxygen atoms in total. The minimum absolute atomic E-state index is 0.116. The molecule has 8 heteroatoms. The zero-order chi connectivity index (χ0) is 21.9. The van der Waals surface area contributed by atoms with Crippen LogP contribution in [-0.4, -0.2) is 26.9 Å². The summed E-state index contributed by atoms with van der Waals surface area (Å²) in [5.74, 6) is -1.28. The van der Waals surface area contributed by atoms with Crippen molar-refractivity contribution in [1.29, 1.82) is 0 Å². The maximum absolute atomic E-state index is 13.6. The maximum Gasteiger partial charge on any atom is 0.280 e. The number of hydrogen-bond acceptors (Lipinski definition) is 5. The quantitative estimate of drug-likeness (QED) is 0.660. The number of hydrogen-bond donors (Lipinski definition) is 1. The van der Waals surface area contributed by atoms with Gasteiger partial charge < -0.3 is 5.32 Å². The normalized spacial score (nSPS) is 12.3. The van der Waals surface area contributed by atoms with Crippen LogP contribution in [0.2, 0.25) is 0 Å². The summed E-state index contributed by atoms with van der Waals surface area (Å²) < 4.78 is 17.3. The van der Waals surface area contributed by atoms with Crippen molar-refractivity contribution in [2.75, 3.05) is 4.90 Å². The number of nitrogens with zero attached hydrogens (tertiary/aromatic N) is 3. The highest BCUT2D eigenvalue weighted by atomic mass is 32.1. The summed E-state index contributed by atoms with van der Waals surface area (Å²) in [7, 11) is 0. The van der Waals surface area contributed by atoms with E-state index in [1.165, 1.54) is 34.5 Å². The molecule has 0 bridgehead atoms. The van der Waals surface area contributed by atoms with Crippen molar-refractivity contribution in [2.24, 2.45) is 0 Å². The van der Waals surface area contributed by atoms with Crippen LogP contribution in [0.25, 0.3) is 0 Å². The minimum Gasteiger partial charge on any atom is -0.349 e. The van der Waals surface area contributed by atoms with Crippen LogP contribution in [0.5, 0.6) is 0 Å². The van der Waals surface area contributed by atoms with Crippen molar-refractivity contribution in [3.63, 3.8) is 0 Å². The van der Waals surface area contributed by atoms with Gasteiger partial charge in [0, 0.05) is 16.6 Å². The Hall–Kier alpha value is -3.13. The van der Waals surface area contributed by atoms with E-state index in [0.717, 1.165) is 17.1 Å². The van der Waals surface area contributed by atoms with E-state index < -0.39 is 23.3 Å². The molecule has 0 aliphatic rings. The van der Waals surface area contributed by atoms with E-state index in [9.17, 15) is 14.0 Å². The van der Waals surface area contributed by atoms with Crippen LogP contribution in [0.3, 0.4) is 0 Å². The van der Waals surface area contributed by atoms with E-state index in [1.54, 1.807) is 6.07 Å². The summed E-state index contributed by atoms with van der Waals surface area (Å²) in [5, 5.41) is 8.36. The molecular formula is C22H23FN4O2S. The molecule has 0 aliphatic carbocycles. The first-order valence-electron chi connectivity index (χ1n) is 9.40. The van der Waals surface area contributed by atoms with Gasteiger partial charge in [0.15, 0.2) is 5.69 Å². The highest BCUT2D eigenvalue weighted by molar-refractivity contribution is 7.03. The molecule has 0 fully saturated rings. The summed E-state index contributed by atoms with van der Waals surface area (Å²) in [6.07, 6.45) is 0. The maximum atomic E-state index is 13.6. The second-order valence-corrected chi connectivity index (χ2v) is 8.61. The number of amides is 2. The van der Waals surface area contributed by atoms with Gasteiger partial charge >= 0.3 is 0 Å². The van der Waals surface area contributed by atoms with E-state index in [-0.39, 0.29) is 11.6 Å². The van der Waals surface area contributed by atoms with Gasteiger partial charge in [-0.1, -0.05) is 34.3 Å². The molecule has 0 saturated carbocycles. The third-order valence-corrected chi connectivity index (χ3v) is 4.77. The lowest BCUT2D eigenvalue weighted by molar-refractivity contribution is -0.123. The molecule has 1 aromatic heterocycles. The Morgan fingerprint density at radius 1 is 1.13 bits per heavy atom. The third kappa shape index (κ3) is 5.07. The molecule has 3 aromatic rings. The zero-order valence-electron chi connectivity index (χ0n) is 17.2. The molecule has 30 heavy (non-hydrogen) atoms. The van der Waals surface area contributed by atoms with Gasteiger partial charge in [-0.05, 0) is 69.1 Å². The van der Waals surface area contributed by atoms with E-state index in [0.29, 0.717) is 11.3 Å². The Balaban J connectivity index is 2.18. The number of anilines is 1. The topological polar surface area (TPSA) is 75.2 Å². The molecule has 2 amide bonds. The highest BCUT2D eigenvalue weighted by Gasteiger charge is 2.35. The zero-order valence-corrected chi connectivity index (χ0v) is 18.0.